The smallest absolute Gasteiger partial charge is 0.246 e. The molecule has 0 radical (unpaired) electrons. The van der Waals surface area contributed by atoms with E-state index < -0.39 is 11.4 Å². The molecule has 2 saturated heterocycles. The molecule has 2 aromatic carbocycles. The van der Waals surface area contributed by atoms with Crippen LogP contribution in [0.25, 0.3) is 10.9 Å². The van der Waals surface area contributed by atoms with Crippen LogP contribution in [0.15, 0.2) is 43.2 Å². The van der Waals surface area contributed by atoms with E-state index in [1.54, 1.807) is 26.0 Å². The highest BCUT2D eigenvalue weighted by atomic mass is 35.5. The summed E-state index contributed by atoms with van der Waals surface area (Å²) < 4.78 is 27.4. The predicted octanol–water partition coefficient (Wildman–Crippen LogP) is 6.45. The van der Waals surface area contributed by atoms with Crippen LogP contribution in [-0.2, 0) is 4.79 Å². The van der Waals surface area contributed by atoms with Gasteiger partial charge in [0.05, 0.1) is 33.5 Å². The van der Waals surface area contributed by atoms with Crippen molar-refractivity contribution in [1.29, 1.82) is 0 Å². The number of nitrogens with zero attached hydrogens (tertiary/aromatic N) is 3. The highest BCUT2D eigenvalue weighted by Crippen LogP contribution is 2.41. The molecule has 2 fully saturated rings. The first kappa shape index (κ1) is 28.4. The second-order valence-corrected chi connectivity index (χ2v) is 11.6. The molecule has 2 aliphatic rings. The van der Waals surface area contributed by atoms with Crippen LogP contribution in [0.2, 0.25) is 10.0 Å². The Balaban J connectivity index is 1.47. The van der Waals surface area contributed by atoms with Gasteiger partial charge in [0, 0.05) is 42.8 Å². The van der Waals surface area contributed by atoms with Crippen molar-refractivity contribution < 1.29 is 23.8 Å². The minimum Gasteiger partial charge on any atom is -0.490 e. The molecule has 3 heterocycles. The molecule has 212 valence electrons. The maximum absolute atomic E-state index is 14.8. The van der Waals surface area contributed by atoms with E-state index in [0.29, 0.717) is 47.5 Å². The zero-order chi connectivity index (χ0) is 28.6. The number of ether oxygens (including phenoxy) is 2. The van der Waals surface area contributed by atoms with Crippen LogP contribution >= 0.6 is 23.2 Å². The molecular formula is C29H31Cl2FN4O4. The molecule has 0 aliphatic carbocycles. The molecular weight excluding hydrogens is 558 g/mol. The van der Waals surface area contributed by atoms with Gasteiger partial charge in [-0.25, -0.2) is 14.4 Å². The second-order valence-electron chi connectivity index (χ2n) is 10.8. The Morgan fingerprint density at radius 2 is 1.95 bits per heavy atom. The predicted molar refractivity (Wildman–Crippen MR) is 153 cm³/mol. The standard InChI is InChI=1S/C29H31Cl2FN4O4/c1-4-25(37)36-16-5-6-17(36)12-18(11-16)40-24-13-19-22(14-23(24)39-10-9-29(2,3)38)33-15-34-28(19)35-21-8-7-20(30)26(31)27(21)32/h4,7-8,13-18,38H,1,5-6,9-12H2,2-3H3,(H,33,34,35)/t16-,17+,18+. The summed E-state index contributed by atoms with van der Waals surface area (Å²) in [6.45, 7) is 7.34. The minimum absolute atomic E-state index is 0.0466. The fraction of sp³-hybridized carbons (Fsp3) is 0.414. The van der Waals surface area contributed by atoms with E-state index >= 15 is 0 Å². The molecule has 1 amide bonds. The maximum Gasteiger partial charge on any atom is 0.246 e. The summed E-state index contributed by atoms with van der Waals surface area (Å²) in [6.07, 6.45) is 6.21. The maximum atomic E-state index is 14.8. The lowest BCUT2D eigenvalue weighted by Crippen LogP contribution is -2.48. The van der Waals surface area contributed by atoms with Gasteiger partial charge < -0.3 is 24.8 Å². The third kappa shape index (κ3) is 5.96. The second kappa shape index (κ2) is 11.4. The lowest BCUT2D eigenvalue weighted by atomic mass is 9.99. The lowest BCUT2D eigenvalue weighted by Gasteiger charge is -2.38. The summed E-state index contributed by atoms with van der Waals surface area (Å²) in [7, 11) is 0. The summed E-state index contributed by atoms with van der Waals surface area (Å²) in [6, 6.07) is 6.68. The Bertz CT molecular complexity index is 1430. The molecule has 8 nitrogen and oxygen atoms in total. The van der Waals surface area contributed by atoms with Gasteiger partial charge in [0.15, 0.2) is 17.3 Å². The molecule has 2 bridgehead atoms. The van der Waals surface area contributed by atoms with Gasteiger partial charge >= 0.3 is 0 Å². The zero-order valence-electron chi connectivity index (χ0n) is 22.3. The summed E-state index contributed by atoms with van der Waals surface area (Å²) >= 11 is 12.0. The number of piperidine rings is 1. The highest BCUT2D eigenvalue weighted by molar-refractivity contribution is 6.42. The molecule has 2 aliphatic heterocycles. The summed E-state index contributed by atoms with van der Waals surface area (Å²) in [4.78, 5) is 23.1. The van der Waals surface area contributed by atoms with Gasteiger partial charge in [0.25, 0.3) is 0 Å². The van der Waals surface area contributed by atoms with E-state index in [4.69, 9.17) is 32.7 Å². The topological polar surface area (TPSA) is 96.8 Å². The van der Waals surface area contributed by atoms with E-state index in [-0.39, 0.29) is 46.4 Å². The first-order valence-electron chi connectivity index (χ1n) is 13.2. The molecule has 5 rings (SSSR count). The van der Waals surface area contributed by atoms with Crippen molar-refractivity contribution in [1.82, 2.24) is 14.9 Å². The van der Waals surface area contributed by atoms with Crippen LogP contribution in [-0.4, -0.2) is 56.3 Å². The number of aromatic nitrogens is 2. The molecule has 11 heteroatoms. The van der Waals surface area contributed by atoms with E-state index in [2.05, 4.69) is 21.9 Å². The number of carbonyl (C=O) groups is 1. The van der Waals surface area contributed by atoms with Crippen molar-refractivity contribution >= 4 is 51.5 Å². The number of hydrogen-bond donors (Lipinski definition) is 2. The Labute approximate surface area is 242 Å². The van der Waals surface area contributed by atoms with Gasteiger partial charge in [-0.3, -0.25) is 4.79 Å². The number of rotatable bonds is 9. The van der Waals surface area contributed by atoms with Crippen LogP contribution in [0.4, 0.5) is 15.9 Å². The van der Waals surface area contributed by atoms with Crippen LogP contribution in [0.1, 0.15) is 46.0 Å². The number of carbonyl (C=O) groups excluding carboxylic acids is 1. The van der Waals surface area contributed by atoms with Crippen LogP contribution in [0.3, 0.4) is 0 Å². The largest absolute Gasteiger partial charge is 0.490 e. The third-order valence-electron chi connectivity index (χ3n) is 7.37. The Morgan fingerprint density at radius 1 is 1.23 bits per heavy atom. The van der Waals surface area contributed by atoms with Crippen molar-refractivity contribution in [2.75, 3.05) is 11.9 Å². The van der Waals surface area contributed by atoms with Crippen molar-refractivity contribution in [3.05, 3.63) is 59.1 Å². The number of benzene rings is 2. The van der Waals surface area contributed by atoms with Crippen LogP contribution < -0.4 is 14.8 Å². The number of hydrogen-bond acceptors (Lipinski definition) is 7. The van der Waals surface area contributed by atoms with Gasteiger partial charge in [-0.05, 0) is 51.0 Å². The number of nitrogens with one attached hydrogen (secondary N) is 1. The minimum atomic E-state index is -0.898. The lowest BCUT2D eigenvalue weighted by molar-refractivity contribution is -0.131. The third-order valence-corrected chi connectivity index (χ3v) is 8.15. The molecule has 2 N–H and O–H groups in total. The van der Waals surface area contributed by atoms with Gasteiger partial charge in [0.2, 0.25) is 5.91 Å². The van der Waals surface area contributed by atoms with Gasteiger partial charge in [-0.1, -0.05) is 29.8 Å². The van der Waals surface area contributed by atoms with Crippen LogP contribution in [0, 0.1) is 5.82 Å². The van der Waals surface area contributed by atoms with E-state index in [9.17, 15) is 14.3 Å². The Morgan fingerprint density at radius 3 is 2.62 bits per heavy atom. The average molecular weight is 589 g/mol. The Hall–Kier alpha value is -3.14. The number of fused-ring (bicyclic) bond motifs is 3. The van der Waals surface area contributed by atoms with Crippen molar-refractivity contribution in [3.8, 4) is 11.5 Å². The van der Waals surface area contributed by atoms with E-state index in [0.717, 1.165) is 12.8 Å². The monoisotopic (exact) mass is 588 g/mol. The number of anilines is 2. The summed E-state index contributed by atoms with van der Waals surface area (Å²) in [5.74, 6) is 0.555. The SMILES string of the molecule is C=CC(=O)N1[C@@H]2CC[C@H]1C[C@@H](Oc1cc3c(Nc4ccc(Cl)c(Cl)c4F)ncnc3cc1OCCC(C)(C)O)C2. The number of halogens is 3. The fourth-order valence-electron chi connectivity index (χ4n) is 5.40. The number of amides is 1. The normalized spacial score (nSPS) is 20.4. The van der Waals surface area contributed by atoms with Gasteiger partial charge in [-0.15, -0.1) is 0 Å². The first-order valence-corrected chi connectivity index (χ1v) is 14.0. The van der Waals surface area contributed by atoms with Crippen molar-refractivity contribution in [3.63, 3.8) is 0 Å². The van der Waals surface area contributed by atoms with Gasteiger partial charge in [0.1, 0.15) is 18.2 Å². The Kier molecular flexibility index (Phi) is 8.08. The average Bonchev–Trinajstić information content (AvgIpc) is 3.18. The quantitative estimate of drug-likeness (QED) is 0.219. The van der Waals surface area contributed by atoms with Crippen LogP contribution in [0.5, 0.6) is 11.5 Å². The highest BCUT2D eigenvalue weighted by Gasteiger charge is 2.43. The fourth-order valence-corrected chi connectivity index (χ4v) is 5.71. The van der Waals surface area contributed by atoms with Crippen molar-refractivity contribution in [2.45, 2.75) is 69.7 Å². The summed E-state index contributed by atoms with van der Waals surface area (Å²) in [5, 5.41) is 13.7. The number of aliphatic hydroxyl groups is 1. The first-order chi connectivity index (χ1) is 19.0. The molecule has 0 saturated carbocycles. The molecule has 0 unspecified atom stereocenters. The molecule has 3 aromatic rings. The summed E-state index contributed by atoms with van der Waals surface area (Å²) in [5.41, 5.74) is -0.238. The van der Waals surface area contributed by atoms with E-state index in [1.807, 2.05) is 4.90 Å². The zero-order valence-corrected chi connectivity index (χ0v) is 23.8. The van der Waals surface area contributed by atoms with Crippen molar-refractivity contribution in [2.24, 2.45) is 0 Å². The molecule has 3 atom stereocenters. The molecule has 40 heavy (non-hydrogen) atoms. The molecule has 0 spiro atoms. The van der Waals surface area contributed by atoms with E-state index in [1.165, 1.54) is 24.5 Å². The molecule has 1 aromatic heterocycles. The van der Waals surface area contributed by atoms with Gasteiger partial charge in [-0.2, -0.15) is 0 Å².